The van der Waals surface area contributed by atoms with Crippen LogP contribution in [0.5, 0.6) is 11.5 Å². The Morgan fingerprint density at radius 2 is 1.58 bits per heavy atom. The lowest BCUT2D eigenvalue weighted by Gasteiger charge is -2.18. The zero-order valence-electron chi connectivity index (χ0n) is 22.2. The van der Waals surface area contributed by atoms with Crippen LogP contribution in [-0.4, -0.2) is 38.1 Å². The highest BCUT2D eigenvalue weighted by Gasteiger charge is 2.19. The average molecular weight is 537 g/mol. The van der Waals surface area contributed by atoms with Gasteiger partial charge < -0.3 is 25.8 Å². The number of amides is 1. The molecule has 1 aromatic heterocycles. The fraction of sp³-hybridized carbons (Fsp3) is 0.400. The van der Waals surface area contributed by atoms with Gasteiger partial charge in [-0.2, -0.15) is 11.3 Å². The van der Waals surface area contributed by atoms with Crippen molar-refractivity contribution in [2.24, 2.45) is 10.7 Å². The number of carbonyl (C=O) groups is 1. The van der Waals surface area contributed by atoms with Crippen LogP contribution in [-0.2, 0) is 17.8 Å². The van der Waals surface area contributed by atoms with Gasteiger partial charge in [-0.25, -0.2) is 0 Å². The standard InChI is InChI=1S/C30H40N4O3S/c1-32-30(31)34-28(21-25-17-20-38-23-25)29(35)33-18-9-4-2-3-5-10-19-36-26-13-15-27(16-14-26)37-22-24-11-7-6-8-12-24/h6-8,11-17,20,23,28H,2-5,9-10,18-19,21-22H2,1H3,(H,33,35)(H3,31,32,34). The third-order valence-electron chi connectivity index (χ3n) is 6.11. The Morgan fingerprint density at radius 1 is 0.895 bits per heavy atom. The van der Waals surface area contributed by atoms with Gasteiger partial charge in [-0.3, -0.25) is 9.79 Å². The summed E-state index contributed by atoms with van der Waals surface area (Å²) in [5.74, 6) is 1.93. The Morgan fingerprint density at radius 3 is 2.26 bits per heavy atom. The van der Waals surface area contributed by atoms with Gasteiger partial charge in [0.05, 0.1) is 6.61 Å². The highest BCUT2D eigenvalue weighted by molar-refractivity contribution is 7.07. The molecule has 3 rings (SSSR count). The molecule has 0 aliphatic carbocycles. The summed E-state index contributed by atoms with van der Waals surface area (Å²) in [5, 5.41) is 10.1. The summed E-state index contributed by atoms with van der Waals surface area (Å²) < 4.78 is 11.7. The molecule has 0 bridgehead atoms. The van der Waals surface area contributed by atoms with Gasteiger partial charge in [-0.15, -0.1) is 0 Å². The number of ether oxygens (including phenoxy) is 2. The number of unbranched alkanes of at least 4 members (excludes halogenated alkanes) is 5. The lowest BCUT2D eigenvalue weighted by molar-refractivity contribution is -0.122. The van der Waals surface area contributed by atoms with Crippen molar-refractivity contribution in [1.29, 1.82) is 0 Å². The lowest BCUT2D eigenvalue weighted by Crippen LogP contribution is -2.50. The van der Waals surface area contributed by atoms with E-state index in [9.17, 15) is 4.79 Å². The Hall–Kier alpha value is -3.52. The van der Waals surface area contributed by atoms with Gasteiger partial charge in [-0.1, -0.05) is 56.0 Å². The van der Waals surface area contributed by atoms with Crippen LogP contribution >= 0.6 is 11.3 Å². The maximum Gasteiger partial charge on any atom is 0.242 e. The van der Waals surface area contributed by atoms with Crippen LogP contribution < -0.4 is 25.8 Å². The summed E-state index contributed by atoms with van der Waals surface area (Å²) in [6.07, 6.45) is 7.10. The fourth-order valence-electron chi connectivity index (χ4n) is 3.93. The van der Waals surface area contributed by atoms with E-state index in [0.29, 0.717) is 26.2 Å². The first kappa shape index (κ1) is 29.0. The van der Waals surface area contributed by atoms with E-state index in [1.165, 1.54) is 0 Å². The lowest BCUT2D eigenvalue weighted by atomic mass is 10.1. The van der Waals surface area contributed by atoms with Gasteiger partial charge in [0, 0.05) is 20.0 Å². The van der Waals surface area contributed by atoms with Crippen LogP contribution in [0, 0.1) is 0 Å². The SMILES string of the molecule is CN=C(N)NC(Cc1ccsc1)C(=O)NCCCCCCCCOc1ccc(OCc2ccccc2)cc1. The van der Waals surface area contributed by atoms with Gasteiger partial charge in [0.2, 0.25) is 5.91 Å². The molecule has 0 radical (unpaired) electrons. The molecule has 0 spiro atoms. The predicted molar refractivity (Wildman–Crippen MR) is 156 cm³/mol. The molecule has 1 heterocycles. The zero-order chi connectivity index (χ0) is 26.8. The van der Waals surface area contributed by atoms with Crippen molar-refractivity contribution in [2.45, 2.75) is 57.6 Å². The van der Waals surface area contributed by atoms with Crippen molar-refractivity contribution in [3.8, 4) is 11.5 Å². The molecule has 2 aromatic carbocycles. The molecule has 0 fully saturated rings. The van der Waals surface area contributed by atoms with Gasteiger partial charge in [-0.05, 0) is 65.1 Å². The van der Waals surface area contributed by atoms with E-state index in [2.05, 4.69) is 27.8 Å². The maximum atomic E-state index is 12.7. The largest absolute Gasteiger partial charge is 0.494 e. The minimum Gasteiger partial charge on any atom is -0.494 e. The number of nitrogens with two attached hydrogens (primary N) is 1. The van der Waals surface area contributed by atoms with Crippen LogP contribution in [0.15, 0.2) is 76.4 Å². The van der Waals surface area contributed by atoms with Crippen molar-refractivity contribution >= 4 is 23.2 Å². The summed E-state index contributed by atoms with van der Waals surface area (Å²) in [7, 11) is 1.61. The summed E-state index contributed by atoms with van der Waals surface area (Å²) in [6.45, 7) is 1.94. The molecular formula is C30H40N4O3S. The van der Waals surface area contributed by atoms with Crippen molar-refractivity contribution in [3.05, 3.63) is 82.6 Å². The van der Waals surface area contributed by atoms with Crippen LogP contribution in [0.2, 0.25) is 0 Å². The number of nitrogens with one attached hydrogen (secondary N) is 2. The normalized spacial score (nSPS) is 12.1. The van der Waals surface area contributed by atoms with Gasteiger partial charge in [0.1, 0.15) is 24.1 Å². The molecule has 38 heavy (non-hydrogen) atoms. The van der Waals surface area contributed by atoms with E-state index in [-0.39, 0.29) is 11.9 Å². The third kappa shape index (κ3) is 11.3. The second kappa shape index (κ2) is 17.1. The smallest absolute Gasteiger partial charge is 0.242 e. The molecule has 1 atom stereocenters. The number of hydrogen-bond acceptors (Lipinski definition) is 5. The molecule has 0 saturated heterocycles. The number of aliphatic imine (C=N–C) groups is 1. The second-order valence-electron chi connectivity index (χ2n) is 9.15. The molecule has 0 saturated carbocycles. The number of thiophene rings is 1. The van der Waals surface area contributed by atoms with Crippen molar-refractivity contribution < 1.29 is 14.3 Å². The highest BCUT2D eigenvalue weighted by atomic mass is 32.1. The topological polar surface area (TPSA) is 98.0 Å². The minimum atomic E-state index is -0.425. The van der Waals surface area contributed by atoms with E-state index < -0.39 is 6.04 Å². The molecule has 3 aromatic rings. The number of rotatable bonds is 17. The van der Waals surface area contributed by atoms with Crippen molar-refractivity contribution in [2.75, 3.05) is 20.2 Å². The van der Waals surface area contributed by atoms with E-state index >= 15 is 0 Å². The Balaban J connectivity index is 1.20. The first-order valence-electron chi connectivity index (χ1n) is 13.3. The van der Waals surface area contributed by atoms with Crippen molar-refractivity contribution in [3.63, 3.8) is 0 Å². The molecule has 7 nitrogen and oxygen atoms in total. The van der Waals surface area contributed by atoms with Crippen LogP contribution in [0.25, 0.3) is 0 Å². The molecule has 0 aliphatic heterocycles. The number of guanidine groups is 1. The summed E-state index contributed by atoms with van der Waals surface area (Å²) >= 11 is 1.62. The van der Waals surface area contributed by atoms with E-state index in [1.54, 1.807) is 18.4 Å². The molecule has 8 heteroatoms. The fourth-order valence-corrected chi connectivity index (χ4v) is 4.61. The molecule has 4 N–H and O–H groups in total. The van der Waals surface area contributed by atoms with Gasteiger partial charge in [0.15, 0.2) is 5.96 Å². The third-order valence-corrected chi connectivity index (χ3v) is 6.84. The Bertz CT molecular complexity index is 1070. The number of hydrogen-bond donors (Lipinski definition) is 3. The van der Waals surface area contributed by atoms with Gasteiger partial charge in [0.25, 0.3) is 0 Å². The number of carbonyl (C=O) groups excluding carboxylic acids is 1. The van der Waals surface area contributed by atoms with E-state index in [1.807, 2.05) is 59.3 Å². The quantitative estimate of drug-likeness (QED) is 0.123. The number of benzene rings is 2. The second-order valence-corrected chi connectivity index (χ2v) is 9.93. The van der Waals surface area contributed by atoms with Crippen LogP contribution in [0.3, 0.4) is 0 Å². The molecule has 1 unspecified atom stereocenters. The summed E-state index contributed by atoms with van der Waals surface area (Å²) in [5.41, 5.74) is 8.06. The van der Waals surface area contributed by atoms with Crippen LogP contribution in [0.4, 0.5) is 0 Å². The highest BCUT2D eigenvalue weighted by Crippen LogP contribution is 2.19. The van der Waals surface area contributed by atoms with E-state index in [0.717, 1.165) is 61.2 Å². The molecule has 1 amide bonds. The average Bonchev–Trinajstić information content (AvgIpc) is 3.46. The number of nitrogens with zero attached hydrogens (tertiary/aromatic N) is 1. The van der Waals surface area contributed by atoms with E-state index in [4.69, 9.17) is 15.2 Å². The van der Waals surface area contributed by atoms with Gasteiger partial charge >= 0.3 is 0 Å². The molecular weight excluding hydrogens is 496 g/mol. The summed E-state index contributed by atoms with van der Waals surface area (Å²) in [4.78, 5) is 16.6. The molecule has 0 aliphatic rings. The summed E-state index contributed by atoms with van der Waals surface area (Å²) in [6, 6.07) is 19.5. The predicted octanol–water partition coefficient (Wildman–Crippen LogP) is 5.31. The van der Waals surface area contributed by atoms with Crippen molar-refractivity contribution in [1.82, 2.24) is 10.6 Å². The molecule has 204 valence electrons. The monoisotopic (exact) mass is 536 g/mol. The Labute approximate surface area is 230 Å². The minimum absolute atomic E-state index is 0.0456. The zero-order valence-corrected chi connectivity index (χ0v) is 23.1. The first-order chi connectivity index (χ1) is 18.6. The maximum absolute atomic E-state index is 12.7. The van der Waals surface area contributed by atoms with Crippen LogP contribution in [0.1, 0.15) is 49.7 Å². The Kier molecular flexibility index (Phi) is 13.1. The first-order valence-corrected chi connectivity index (χ1v) is 14.3.